The molecule has 6 heteroatoms. The highest BCUT2D eigenvalue weighted by atomic mass is 16.6. The van der Waals surface area contributed by atoms with Crippen LogP contribution < -0.4 is 9.64 Å². The van der Waals surface area contributed by atoms with Crippen molar-refractivity contribution < 1.29 is 23.8 Å². The number of ether oxygens (including phenoxy) is 3. The van der Waals surface area contributed by atoms with Crippen molar-refractivity contribution in [3.05, 3.63) is 36.4 Å². The van der Waals surface area contributed by atoms with Crippen molar-refractivity contribution in [3.8, 4) is 5.75 Å². The molecule has 1 amide bonds. The monoisotopic (exact) mass is 453 g/mol. The van der Waals surface area contributed by atoms with E-state index in [1.807, 2.05) is 43.3 Å². The van der Waals surface area contributed by atoms with E-state index in [1.165, 1.54) is 6.42 Å². The van der Waals surface area contributed by atoms with Crippen LogP contribution in [0.25, 0.3) is 0 Å². The van der Waals surface area contributed by atoms with Gasteiger partial charge in [-0.3, -0.25) is 9.59 Å². The number of anilines is 1. The quantitative estimate of drug-likeness (QED) is 0.473. The Morgan fingerprint density at radius 2 is 2.00 bits per heavy atom. The summed E-state index contributed by atoms with van der Waals surface area (Å²) >= 11 is 0. The number of carbonyl (C=O) groups is 2. The first-order valence-electron chi connectivity index (χ1n) is 12.4. The average Bonchev–Trinajstić information content (AvgIpc) is 3.42. The highest BCUT2D eigenvalue weighted by Gasteiger charge is 2.67. The van der Waals surface area contributed by atoms with Gasteiger partial charge < -0.3 is 19.1 Å². The lowest BCUT2D eigenvalue weighted by Crippen LogP contribution is -2.43. The molecule has 0 unspecified atom stereocenters. The summed E-state index contributed by atoms with van der Waals surface area (Å²) in [7, 11) is 0. The third kappa shape index (κ3) is 3.76. The predicted molar refractivity (Wildman–Crippen MR) is 125 cm³/mol. The van der Waals surface area contributed by atoms with E-state index in [0.29, 0.717) is 30.9 Å². The number of benzene rings is 1. The maximum absolute atomic E-state index is 13.6. The number of fused-ring (bicyclic) bond motifs is 1. The van der Waals surface area contributed by atoms with E-state index in [1.54, 1.807) is 4.90 Å². The summed E-state index contributed by atoms with van der Waals surface area (Å²) < 4.78 is 18.0. The van der Waals surface area contributed by atoms with Crippen molar-refractivity contribution in [1.29, 1.82) is 0 Å². The molecule has 3 fully saturated rings. The molecule has 0 aromatic heterocycles. The molecule has 1 aromatic carbocycles. The van der Waals surface area contributed by atoms with E-state index in [-0.39, 0.29) is 24.1 Å². The number of amides is 1. The summed E-state index contributed by atoms with van der Waals surface area (Å²) in [5, 5.41) is 0. The summed E-state index contributed by atoms with van der Waals surface area (Å²) in [5.41, 5.74) is 0.0437. The van der Waals surface area contributed by atoms with Gasteiger partial charge >= 0.3 is 5.97 Å². The molecular weight excluding hydrogens is 418 g/mol. The van der Waals surface area contributed by atoms with Crippen molar-refractivity contribution in [2.24, 2.45) is 29.6 Å². The van der Waals surface area contributed by atoms with Crippen molar-refractivity contribution in [2.75, 3.05) is 18.1 Å². The van der Waals surface area contributed by atoms with Crippen LogP contribution in [0.5, 0.6) is 5.75 Å². The van der Waals surface area contributed by atoms with Crippen LogP contribution in [0.4, 0.5) is 5.69 Å². The van der Waals surface area contributed by atoms with Gasteiger partial charge in [0.1, 0.15) is 23.4 Å². The summed E-state index contributed by atoms with van der Waals surface area (Å²) in [5.74, 6) is 0.684. The minimum absolute atomic E-state index is 0.0645. The molecule has 33 heavy (non-hydrogen) atoms. The summed E-state index contributed by atoms with van der Waals surface area (Å²) in [4.78, 5) is 28.8. The van der Waals surface area contributed by atoms with Gasteiger partial charge in [0.05, 0.1) is 25.2 Å². The van der Waals surface area contributed by atoms with Crippen molar-refractivity contribution in [1.82, 2.24) is 0 Å². The molecule has 0 N–H and O–H groups in total. The lowest BCUT2D eigenvalue weighted by Gasteiger charge is -2.37. The Labute approximate surface area is 196 Å². The van der Waals surface area contributed by atoms with Gasteiger partial charge in [-0.2, -0.15) is 0 Å². The fraction of sp³-hybridized carbons (Fsp3) is 0.630. The zero-order valence-corrected chi connectivity index (χ0v) is 20.0. The standard InChI is InChI=1S/C27H35NO5/c1-5-31-19-9-7-18(8-10-19)28-15-27-13-12-21(33-27)23(24(27)25(28)29)26(30)32-22-14-17(4)6-11-20(22)16(2)3/h7-10,12-13,16-17,20-24H,5-6,11,14-15H2,1-4H3/t17-,20+,21+,22-,23-,24-,27+/m1/s1. The summed E-state index contributed by atoms with van der Waals surface area (Å²) in [6.07, 6.45) is 6.62. The molecule has 7 atom stereocenters. The molecule has 3 heterocycles. The number of hydrogen-bond acceptors (Lipinski definition) is 5. The van der Waals surface area contributed by atoms with Gasteiger partial charge in [-0.25, -0.2) is 0 Å². The van der Waals surface area contributed by atoms with Gasteiger partial charge in [-0.05, 0) is 61.8 Å². The number of rotatable bonds is 6. The number of hydrogen-bond donors (Lipinski definition) is 0. The highest BCUT2D eigenvalue weighted by Crippen LogP contribution is 2.53. The minimum atomic E-state index is -0.749. The Balaban J connectivity index is 1.35. The third-order valence-electron chi connectivity index (χ3n) is 8.06. The molecule has 1 aromatic rings. The second-order valence-electron chi connectivity index (χ2n) is 10.6. The van der Waals surface area contributed by atoms with E-state index >= 15 is 0 Å². The Bertz CT molecular complexity index is 940. The SMILES string of the molecule is CCOc1ccc(N2C[C@]34C=C[C@H](O3)[C@@H](C(=O)O[C@@H]3C[C@H](C)CC[C@H]3C(C)C)[C@@H]4C2=O)cc1. The van der Waals surface area contributed by atoms with Crippen LogP contribution in [0.15, 0.2) is 36.4 Å². The van der Waals surface area contributed by atoms with Crippen molar-refractivity contribution in [3.63, 3.8) is 0 Å². The number of nitrogens with zero attached hydrogens (tertiary/aromatic N) is 1. The topological polar surface area (TPSA) is 65.1 Å². The number of esters is 1. The van der Waals surface area contributed by atoms with Gasteiger partial charge in [0, 0.05) is 5.69 Å². The second kappa shape index (κ2) is 8.46. The smallest absolute Gasteiger partial charge is 0.313 e. The molecular formula is C27H35NO5. The zero-order chi connectivity index (χ0) is 23.3. The first-order valence-corrected chi connectivity index (χ1v) is 12.4. The van der Waals surface area contributed by atoms with Crippen LogP contribution in [0.3, 0.4) is 0 Å². The second-order valence-corrected chi connectivity index (χ2v) is 10.6. The van der Waals surface area contributed by atoms with E-state index in [0.717, 1.165) is 24.3 Å². The average molecular weight is 454 g/mol. The molecule has 3 aliphatic heterocycles. The van der Waals surface area contributed by atoms with E-state index in [4.69, 9.17) is 14.2 Å². The zero-order valence-electron chi connectivity index (χ0n) is 20.0. The first-order chi connectivity index (χ1) is 15.8. The van der Waals surface area contributed by atoms with Crippen molar-refractivity contribution >= 4 is 17.6 Å². The molecule has 2 bridgehead atoms. The molecule has 5 rings (SSSR count). The molecule has 0 radical (unpaired) electrons. The van der Waals surface area contributed by atoms with Crippen LogP contribution in [0, 0.1) is 29.6 Å². The van der Waals surface area contributed by atoms with Crippen LogP contribution in [-0.4, -0.2) is 42.8 Å². The van der Waals surface area contributed by atoms with E-state index in [2.05, 4.69) is 20.8 Å². The molecule has 4 aliphatic rings. The highest BCUT2D eigenvalue weighted by molar-refractivity contribution is 6.02. The Morgan fingerprint density at radius 3 is 2.70 bits per heavy atom. The molecule has 178 valence electrons. The largest absolute Gasteiger partial charge is 0.494 e. The lowest BCUT2D eigenvalue weighted by molar-refractivity contribution is -0.164. The third-order valence-corrected chi connectivity index (χ3v) is 8.06. The van der Waals surface area contributed by atoms with Gasteiger partial charge in [0.2, 0.25) is 5.91 Å². The number of carbonyl (C=O) groups excluding carboxylic acids is 2. The maximum Gasteiger partial charge on any atom is 0.313 e. The molecule has 1 saturated carbocycles. The summed E-state index contributed by atoms with van der Waals surface area (Å²) in [6.45, 7) is 9.58. The normalized spacial score (nSPS) is 37.0. The molecule has 1 spiro atoms. The molecule has 1 aliphatic carbocycles. The van der Waals surface area contributed by atoms with Crippen LogP contribution >= 0.6 is 0 Å². The Hall–Kier alpha value is -2.34. The Morgan fingerprint density at radius 1 is 1.24 bits per heavy atom. The molecule has 6 nitrogen and oxygen atoms in total. The fourth-order valence-corrected chi connectivity index (χ4v) is 6.35. The summed E-state index contributed by atoms with van der Waals surface area (Å²) in [6, 6.07) is 7.52. The van der Waals surface area contributed by atoms with Gasteiger partial charge in [0.25, 0.3) is 0 Å². The Kier molecular flexibility index (Phi) is 5.76. The lowest BCUT2D eigenvalue weighted by atomic mass is 9.75. The van der Waals surface area contributed by atoms with Crippen molar-refractivity contribution in [2.45, 2.75) is 64.8 Å². The van der Waals surface area contributed by atoms with E-state index < -0.39 is 17.4 Å². The predicted octanol–water partition coefficient (Wildman–Crippen LogP) is 4.38. The van der Waals surface area contributed by atoms with Crippen LogP contribution in [-0.2, 0) is 19.1 Å². The first kappa shape index (κ1) is 22.5. The van der Waals surface area contributed by atoms with Gasteiger partial charge in [-0.1, -0.05) is 39.3 Å². The maximum atomic E-state index is 13.6. The van der Waals surface area contributed by atoms with Gasteiger partial charge in [0.15, 0.2) is 0 Å². The minimum Gasteiger partial charge on any atom is -0.494 e. The van der Waals surface area contributed by atoms with Gasteiger partial charge in [-0.15, -0.1) is 0 Å². The van der Waals surface area contributed by atoms with E-state index in [9.17, 15) is 9.59 Å². The van der Waals surface area contributed by atoms with Crippen LogP contribution in [0.2, 0.25) is 0 Å². The molecule has 2 saturated heterocycles. The van der Waals surface area contributed by atoms with Crippen LogP contribution in [0.1, 0.15) is 47.0 Å². The fourth-order valence-electron chi connectivity index (χ4n) is 6.35.